The van der Waals surface area contributed by atoms with E-state index in [1.165, 1.54) is 4.90 Å². The maximum absolute atomic E-state index is 13.3. The van der Waals surface area contributed by atoms with Crippen LogP contribution in [0.15, 0.2) is 72.6 Å². The normalized spacial score (nSPS) is 18.5. The molecule has 3 heterocycles. The summed E-state index contributed by atoms with van der Waals surface area (Å²) in [5, 5.41) is 11.4. The van der Waals surface area contributed by atoms with E-state index in [4.69, 9.17) is 14.2 Å². The third-order valence-electron chi connectivity index (χ3n) is 5.94. The Morgan fingerprint density at radius 1 is 1.09 bits per heavy atom. The molecule has 1 fully saturated rings. The van der Waals surface area contributed by atoms with Gasteiger partial charge in [0.2, 0.25) is 0 Å². The predicted octanol–water partition coefficient (Wildman–Crippen LogP) is 3.87. The molecular weight excluding hydrogens is 448 g/mol. The molecule has 1 N–H and O–H groups in total. The number of para-hydroxylation sites is 1. The summed E-state index contributed by atoms with van der Waals surface area (Å²) in [6.45, 7) is 3.22. The van der Waals surface area contributed by atoms with Crippen LogP contribution in [0.4, 0.5) is 0 Å². The molecule has 8 heteroatoms. The van der Waals surface area contributed by atoms with Crippen LogP contribution in [0.5, 0.6) is 17.2 Å². The molecule has 0 saturated carbocycles. The highest BCUT2D eigenvalue weighted by Gasteiger charge is 2.47. The fraction of sp³-hybridized carbons (Fsp3) is 0.222. The molecule has 0 radical (unpaired) electrons. The Morgan fingerprint density at radius 3 is 2.66 bits per heavy atom. The molecule has 5 rings (SSSR count). The molecule has 0 spiro atoms. The lowest BCUT2D eigenvalue weighted by molar-refractivity contribution is -0.140. The van der Waals surface area contributed by atoms with Crippen molar-refractivity contribution in [2.75, 3.05) is 19.8 Å². The molecule has 1 aromatic heterocycles. The number of ketones is 1. The molecule has 178 valence electrons. The standard InChI is InChI=1S/C27H24N2O6/c1-2-33-20-8-4-3-7-19(20)24-23(25(30)18-9-10-21-22(14-18)35-13-12-34-21)26(31)27(32)29(24)16-17-6-5-11-28-15-17/h3-11,14-15,24,30H,2,12-13,16H2,1H3. The maximum atomic E-state index is 13.3. The first-order valence-electron chi connectivity index (χ1n) is 11.4. The van der Waals surface area contributed by atoms with E-state index in [0.717, 1.165) is 5.56 Å². The van der Waals surface area contributed by atoms with Gasteiger partial charge in [-0.15, -0.1) is 0 Å². The number of pyridine rings is 1. The summed E-state index contributed by atoms with van der Waals surface area (Å²) in [5.74, 6) is -0.197. The average Bonchev–Trinajstić information content (AvgIpc) is 3.14. The maximum Gasteiger partial charge on any atom is 0.295 e. The van der Waals surface area contributed by atoms with Crippen LogP contribution in [0.3, 0.4) is 0 Å². The first-order chi connectivity index (χ1) is 17.1. The molecule has 3 aromatic rings. The average molecular weight is 472 g/mol. The van der Waals surface area contributed by atoms with Crippen LogP contribution in [0.25, 0.3) is 5.76 Å². The van der Waals surface area contributed by atoms with Gasteiger partial charge >= 0.3 is 0 Å². The number of ether oxygens (including phenoxy) is 3. The molecule has 1 amide bonds. The number of aromatic nitrogens is 1. The molecule has 2 aromatic carbocycles. The summed E-state index contributed by atoms with van der Waals surface area (Å²) in [6, 6.07) is 14.9. The van der Waals surface area contributed by atoms with Gasteiger partial charge in [-0.05, 0) is 42.8 Å². The van der Waals surface area contributed by atoms with Crippen LogP contribution in [0, 0.1) is 0 Å². The number of hydrogen-bond acceptors (Lipinski definition) is 7. The molecule has 35 heavy (non-hydrogen) atoms. The van der Waals surface area contributed by atoms with Gasteiger partial charge in [0.15, 0.2) is 11.5 Å². The molecule has 1 saturated heterocycles. The highest BCUT2D eigenvalue weighted by atomic mass is 16.6. The van der Waals surface area contributed by atoms with Crippen molar-refractivity contribution in [3.05, 3.63) is 89.3 Å². The minimum absolute atomic E-state index is 0.0114. The molecule has 2 aliphatic heterocycles. The van der Waals surface area contributed by atoms with Crippen LogP contribution < -0.4 is 14.2 Å². The van der Waals surface area contributed by atoms with E-state index < -0.39 is 17.7 Å². The number of amides is 1. The van der Waals surface area contributed by atoms with E-state index >= 15 is 0 Å². The number of aliphatic hydroxyl groups is 1. The second-order valence-corrected chi connectivity index (χ2v) is 8.12. The molecule has 0 bridgehead atoms. The summed E-state index contributed by atoms with van der Waals surface area (Å²) >= 11 is 0. The van der Waals surface area contributed by atoms with Crippen LogP contribution in [0.1, 0.15) is 29.7 Å². The third kappa shape index (κ3) is 4.19. The van der Waals surface area contributed by atoms with Gasteiger partial charge in [-0.1, -0.05) is 24.3 Å². The Bertz CT molecular complexity index is 1300. The van der Waals surface area contributed by atoms with Crippen molar-refractivity contribution in [1.29, 1.82) is 0 Å². The molecular formula is C27H24N2O6. The van der Waals surface area contributed by atoms with Gasteiger partial charge in [0.1, 0.15) is 24.7 Å². The Hall–Kier alpha value is -4.33. The lowest BCUT2D eigenvalue weighted by Gasteiger charge is -2.27. The van der Waals surface area contributed by atoms with Crippen molar-refractivity contribution >= 4 is 17.4 Å². The van der Waals surface area contributed by atoms with Gasteiger partial charge in [-0.3, -0.25) is 14.6 Å². The van der Waals surface area contributed by atoms with Crippen molar-refractivity contribution in [3.8, 4) is 17.2 Å². The zero-order chi connectivity index (χ0) is 24.4. The molecule has 0 aliphatic carbocycles. The highest BCUT2D eigenvalue weighted by molar-refractivity contribution is 6.46. The second-order valence-electron chi connectivity index (χ2n) is 8.12. The fourth-order valence-electron chi connectivity index (χ4n) is 4.39. The number of carbonyl (C=O) groups is 2. The van der Waals surface area contributed by atoms with E-state index in [1.54, 1.807) is 48.8 Å². The summed E-state index contributed by atoms with van der Waals surface area (Å²) in [7, 11) is 0. The molecule has 8 nitrogen and oxygen atoms in total. The van der Waals surface area contributed by atoms with E-state index in [-0.39, 0.29) is 17.9 Å². The second kappa shape index (κ2) is 9.50. The van der Waals surface area contributed by atoms with Gasteiger partial charge < -0.3 is 24.2 Å². The first kappa shape index (κ1) is 22.5. The zero-order valence-electron chi connectivity index (χ0n) is 19.1. The lowest BCUT2D eigenvalue weighted by Crippen LogP contribution is -2.29. The van der Waals surface area contributed by atoms with Gasteiger partial charge in [0, 0.05) is 30.1 Å². The van der Waals surface area contributed by atoms with Crippen molar-refractivity contribution in [2.24, 2.45) is 0 Å². The third-order valence-corrected chi connectivity index (χ3v) is 5.94. The van der Waals surface area contributed by atoms with E-state index in [2.05, 4.69) is 4.98 Å². The number of aliphatic hydroxyl groups excluding tert-OH is 1. The fourth-order valence-corrected chi connectivity index (χ4v) is 4.39. The Kier molecular flexibility index (Phi) is 6.10. The lowest BCUT2D eigenvalue weighted by atomic mass is 9.94. The zero-order valence-corrected chi connectivity index (χ0v) is 19.1. The number of benzene rings is 2. The van der Waals surface area contributed by atoms with Crippen LogP contribution >= 0.6 is 0 Å². The number of Topliss-reactive ketones (excluding diaryl/α,β-unsaturated/α-hetero) is 1. The number of fused-ring (bicyclic) bond motifs is 1. The van der Waals surface area contributed by atoms with Gasteiger partial charge in [-0.2, -0.15) is 0 Å². The van der Waals surface area contributed by atoms with Crippen LogP contribution in [0.2, 0.25) is 0 Å². The predicted molar refractivity (Wildman–Crippen MR) is 127 cm³/mol. The van der Waals surface area contributed by atoms with Crippen molar-refractivity contribution in [3.63, 3.8) is 0 Å². The monoisotopic (exact) mass is 472 g/mol. The van der Waals surface area contributed by atoms with E-state index in [1.807, 2.05) is 25.1 Å². The van der Waals surface area contributed by atoms with Gasteiger partial charge in [0.05, 0.1) is 18.2 Å². The Balaban J connectivity index is 1.66. The number of rotatable bonds is 6. The Labute approximate surface area is 202 Å². The number of carbonyl (C=O) groups excluding carboxylic acids is 2. The molecule has 2 aliphatic rings. The van der Waals surface area contributed by atoms with Crippen LogP contribution in [-0.4, -0.2) is 46.5 Å². The van der Waals surface area contributed by atoms with E-state index in [9.17, 15) is 14.7 Å². The summed E-state index contributed by atoms with van der Waals surface area (Å²) < 4.78 is 17.0. The van der Waals surface area contributed by atoms with Crippen molar-refractivity contribution in [2.45, 2.75) is 19.5 Å². The quantitative estimate of drug-likeness (QED) is 0.330. The van der Waals surface area contributed by atoms with Gasteiger partial charge in [0.25, 0.3) is 11.7 Å². The number of hydrogen-bond donors (Lipinski definition) is 1. The Morgan fingerprint density at radius 2 is 1.89 bits per heavy atom. The SMILES string of the molecule is CCOc1ccccc1C1C(=C(O)c2ccc3c(c2)OCCO3)C(=O)C(=O)N1Cc1cccnc1. The summed E-state index contributed by atoms with van der Waals surface area (Å²) in [4.78, 5) is 32.2. The van der Waals surface area contributed by atoms with Gasteiger partial charge in [-0.25, -0.2) is 0 Å². The molecule has 1 unspecified atom stereocenters. The van der Waals surface area contributed by atoms with Crippen molar-refractivity contribution in [1.82, 2.24) is 9.88 Å². The minimum atomic E-state index is -0.855. The highest BCUT2D eigenvalue weighted by Crippen LogP contribution is 2.44. The summed E-state index contributed by atoms with van der Waals surface area (Å²) in [5.41, 5.74) is 1.71. The minimum Gasteiger partial charge on any atom is -0.507 e. The summed E-state index contributed by atoms with van der Waals surface area (Å²) in [6.07, 6.45) is 3.28. The topological polar surface area (TPSA) is 98.2 Å². The van der Waals surface area contributed by atoms with Crippen molar-refractivity contribution < 1.29 is 28.9 Å². The smallest absolute Gasteiger partial charge is 0.295 e. The first-order valence-corrected chi connectivity index (χ1v) is 11.4. The van der Waals surface area contributed by atoms with Crippen LogP contribution in [-0.2, 0) is 16.1 Å². The van der Waals surface area contributed by atoms with E-state index in [0.29, 0.717) is 48.2 Å². The number of likely N-dealkylation sites (tertiary alicyclic amines) is 1. The molecule has 1 atom stereocenters. The largest absolute Gasteiger partial charge is 0.507 e. The number of nitrogens with zero attached hydrogens (tertiary/aromatic N) is 2.